The van der Waals surface area contributed by atoms with Crippen LogP contribution in [0.2, 0.25) is 0 Å². The van der Waals surface area contributed by atoms with Gasteiger partial charge in [0.2, 0.25) is 0 Å². The van der Waals surface area contributed by atoms with Gasteiger partial charge in [-0.3, -0.25) is 25.2 Å². The number of nitro benzene ring substituents is 2. The molecule has 0 aliphatic heterocycles. The molecule has 0 spiro atoms. The van der Waals surface area contributed by atoms with Crippen molar-refractivity contribution in [3.8, 4) is 5.75 Å². The van der Waals surface area contributed by atoms with E-state index in [1.165, 1.54) is 6.07 Å². The van der Waals surface area contributed by atoms with Crippen molar-refractivity contribution in [2.75, 3.05) is 0 Å². The molecule has 2 aromatic rings. The van der Waals surface area contributed by atoms with Crippen molar-refractivity contribution in [3.63, 3.8) is 0 Å². The summed E-state index contributed by atoms with van der Waals surface area (Å²) in [5, 5.41) is 21.5. The molecule has 0 aliphatic rings. The lowest BCUT2D eigenvalue weighted by Crippen LogP contribution is -2.00. The zero-order chi connectivity index (χ0) is 14.5. The third-order valence-corrected chi connectivity index (χ3v) is 2.45. The maximum absolute atomic E-state index is 10.8. The van der Waals surface area contributed by atoms with Gasteiger partial charge in [-0.1, -0.05) is 6.07 Å². The molecule has 0 N–H and O–H groups in total. The highest BCUT2D eigenvalue weighted by atomic mass is 16.6. The van der Waals surface area contributed by atoms with Gasteiger partial charge in [-0.05, 0) is 18.2 Å². The van der Waals surface area contributed by atoms with E-state index in [4.69, 9.17) is 4.74 Å². The largest absolute Gasteiger partial charge is 0.487 e. The van der Waals surface area contributed by atoms with E-state index in [1.807, 2.05) is 0 Å². The normalized spacial score (nSPS) is 10.0. The highest BCUT2D eigenvalue weighted by molar-refractivity contribution is 5.55. The van der Waals surface area contributed by atoms with Gasteiger partial charge < -0.3 is 4.74 Å². The Morgan fingerprint density at radius 3 is 2.40 bits per heavy atom. The molecule has 1 heterocycles. The second kappa shape index (κ2) is 5.74. The molecule has 102 valence electrons. The van der Waals surface area contributed by atoms with Crippen LogP contribution in [0.1, 0.15) is 5.69 Å². The van der Waals surface area contributed by atoms with Gasteiger partial charge in [-0.15, -0.1) is 0 Å². The van der Waals surface area contributed by atoms with Crippen molar-refractivity contribution in [3.05, 3.63) is 68.5 Å². The molecule has 8 heteroatoms. The number of hydrogen-bond acceptors (Lipinski definition) is 6. The predicted octanol–water partition coefficient (Wildman–Crippen LogP) is 2.48. The predicted molar refractivity (Wildman–Crippen MR) is 68.3 cm³/mol. The summed E-state index contributed by atoms with van der Waals surface area (Å²) in [7, 11) is 0. The Labute approximate surface area is 112 Å². The van der Waals surface area contributed by atoms with Crippen molar-refractivity contribution in [2.24, 2.45) is 0 Å². The first kappa shape index (κ1) is 13.4. The monoisotopic (exact) mass is 275 g/mol. The molecule has 20 heavy (non-hydrogen) atoms. The van der Waals surface area contributed by atoms with Crippen LogP contribution in [-0.2, 0) is 6.61 Å². The van der Waals surface area contributed by atoms with Crippen LogP contribution in [0.4, 0.5) is 11.4 Å². The highest BCUT2D eigenvalue weighted by Crippen LogP contribution is 2.30. The zero-order valence-corrected chi connectivity index (χ0v) is 10.1. The maximum atomic E-state index is 10.8. The van der Waals surface area contributed by atoms with Gasteiger partial charge in [0.25, 0.3) is 0 Å². The van der Waals surface area contributed by atoms with Crippen molar-refractivity contribution >= 4 is 11.4 Å². The summed E-state index contributed by atoms with van der Waals surface area (Å²) in [6.45, 7) is 0.121. The van der Waals surface area contributed by atoms with Gasteiger partial charge in [-0.2, -0.15) is 0 Å². The van der Waals surface area contributed by atoms with Crippen LogP contribution in [0.5, 0.6) is 5.75 Å². The van der Waals surface area contributed by atoms with Crippen molar-refractivity contribution in [1.29, 1.82) is 0 Å². The SMILES string of the molecule is O=[N+]([O-])c1ccc(OCc2ccccn2)cc1[N+](=O)[O-]. The first-order valence-corrected chi connectivity index (χ1v) is 5.53. The average molecular weight is 275 g/mol. The summed E-state index contributed by atoms with van der Waals surface area (Å²) < 4.78 is 5.33. The van der Waals surface area contributed by atoms with Gasteiger partial charge >= 0.3 is 11.4 Å². The molecule has 2 rings (SSSR count). The number of nitrogens with zero attached hydrogens (tertiary/aromatic N) is 3. The third-order valence-electron chi connectivity index (χ3n) is 2.45. The molecule has 0 saturated carbocycles. The summed E-state index contributed by atoms with van der Waals surface area (Å²) >= 11 is 0. The minimum Gasteiger partial charge on any atom is -0.487 e. The molecule has 8 nitrogen and oxygen atoms in total. The molecule has 0 aliphatic carbocycles. The number of hydrogen-bond donors (Lipinski definition) is 0. The third kappa shape index (κ3) is 3.05. The van der Waals surface area contributed by atoms with E-state index in [0.717, 1.165) is 12.1 Å². The molecule has 0 atom stereocenters. The summed E-state index contributed by atoms with van der Waals surface area (Å²) in [6.07, 6.45) is 1.59. The van der Waals surface area contributed by atoms with E-state index in [2.05, 4.69) is 4.98 Å². The lowest BCUT2D eigenvalue weighted by molar-refractivity contribution is -0.422. The first-order chi connectivity index (χ1) is 9.58. The smallest absolute Gasteiger partial charge is 0.349 e. The van der Waals surface area contributed by atoms with Gasteiger partial charge in [0.15, 0.2) is 0 Å². The highest BCUT2D eigenvalue weighted by Gasteiger charge is 2.24. The van der Waals surface area contributed by atoms with E-state index < -0.39 is 21.2 Å². The number of nitro groups is 2. The van der Waals surface area contributed by atoms with Crippen molar-refractivity contribution in [2.45, 2.75) is 6.61 Å². The molecular formula is C12H9N3O5. The summed E-state index contributed by atoms with van der Waals surface area (Å²) in [6, 6.07) is 8.66. The average Bonchev–Trinajstić information content (AvgIpc) is 2.45. The van der Waals surface area contributed by atoms with E-state index in [0.29, 0.717) is 5.69 Å². The van der Waals surface area contributed by atoms with Crippen molar-refractivity contribution in [1.82, 2.24) is 4.98 Å². The Kier molecular flexibility index (Phi) is 3.85. The van der Waals surface area contributed by atoms with Gasteiger partial charge in [-0.25, -0.2) is 0 Å². The minimum absolute atomic E-state index is 0.121. The van der Waals surface area contributed by atoms with Crippen molar-refractivity contribution < 1.29 is 14.6 Å². The Balaban J connectivity index is 2.19. The number of pyridine rings is 1. The number of aromatic nitrogens is 1. The number of rotatable bonds is 5. The van der Waals surface area contributed by atoms with Gasteiger partial charge in [0.05, 0.1) is 21.6 Å². The maximum Gasteiger partial charge on any atom is 0.349 e. The molecule has 0 amide bonds. The van der Waals surface area contributed by atoms with E-state index in [-0.39, 0.29) is 12.4 Å². The summed E-state index contributed by atoms with van der Waals surface area (Å²) in [4.78, 5) is 23.9. The standard InChI is InChI=1S/C12H9N3O5/c16-14(17)11-5-4-10(7-12(11)15(18)19)20-8-9-3-1-2-6-13-9/h1-7H,8H2. The van der Waals surface area contributed by atoms with Crippen LogP contribution in [-0.4, -0.2) is 14.8 Å². The number of benzene rings is 1. The Morgan fingerprint density at radius 1 is 1.05 bits per heavy atom. The van der Waals surface area contributed by atoms with Crippen LogP contribution in [0.25, 0.3) is 0 Å². The summed E-state index contributed by atoms with van der Waals surface area (Å²) in [5.74, 6) is 0.174. The van der Waals surface area contributed by atoms with Gasteiger partial charge in [0.1, 0.15) is 12.4 Å². The van der Waals surface area contributed by atoms with Crippen LogP contribution in [0, 0.1) is 20.2 Å². The van der Waals surface area contributed by atoms with Crippen LogP contribution in [0.15, 0.2) is 42.6 Å². The molecule has 0 radical (unpaired) electrons. The fourth-order valence-corrected chi connectivity index (χ4v) is 1.53. The molecule has 0 fully saturated rings. The first-order valence-electron chi connectivity index (χ1n) is 5.53. The Hall–Kier alpha value is -3.03. The second-order valence-corrected chi connectivity index (χ2v) is 3.77. The van der Waals surface area contributed by atoms with Crippen LogP contribution < -0.4 is 4.74 Å². The molecular weight excluding hydrogens is 266 g/mol. The lowest BCUT2D eigenvalue weighted by Gasteiger charge is -2.05. The fraction of sp³-hybridized carbons (Fsp3) is 0.0833. The van der Waals surface area contributed by atoms with Gasteiger partial charge in [0, 0.05) is 12.3 Å². The second-order valence-electron chi connectivity index (χ2n) is 3.77. The van der Waals surface area contributed by atoms with Crippen LogP contribution >= 0.6 is 0 Å². The molecule has 0 unspecified atom stereocenters. The molecule has 0 saturated heterocycles. The Morgan fingerprint density at radius 2 is 1.80 bits per heavy atom. The molecule has 0 bridgehead atoms. The van der Waals surface area contributed by atoms with E-state index in [1.54, 1.807) is 24.4 Å². The van der Waals surface area contributed by atoms with E-state index in [9.17, 15) is 20.2 Å². The van der Waals surface area contributed by atoms with E-state index >= 15 is 0 Å². The Bertz CT molecular complexity index is 645. The molecule has 1 aromatic heterocycles. The van der Waals surface area contributed by atoms with Crippen LogP contribution in [0.3, 0.4) is 0 Å². The quantitative estimate of drug-likeness (QED) is 0.612. The topological polar surface area (TPSA) is 108 Å². The summed E-state index contributed by atoms with van der Waals surface area (Å²) in [5.41, 5.74) is -0.526. The lowest BCUT2D eigenvalue weighted by atomic mass is 10.2. The zero-order valence-electron chi connectivity index (χ0n) is 10.1. The fourth-order valence-electron chi connectivity index (χ4n) is 1.53. The molecule has 1 aromatic carbocycles. The number of ether oxygens (including phenoxy) is 1. The minimum atomic E-state index is -0.814.